The van der Waals surface area contributed by atoms with Gasteiger partial charge in [0, 0.05) is 24.5 Å². The second-order valence-electron chi connectivity index (χ2n) is 6.62. The molecule has 1 saturated heterocycles. The van der Waals surface area contributed by atoms with E-state index in [1.54, 1.807) is 6.08 Å². The summed E-state index contributed by atoms with van der Waals surface area (Å²) >= 11 is 1.34. The van der Waals surface area contributed by atoms with Crippen LogP contribution < -0.4 is 5.32 Å². The number of hydrogen-bond acceptors (Lipinski definition) is 4. The summed E-state index contributed by atoms with van der Waals surface area (Å²) in [4.78, 5) is 30.6. The minimum absolute atomic E-state index is 0.115. The number of benzene rings is 1. The molecule has 26 heavy (non-hydrogen) atoms. The molecule has 0 spiro atoms. The maximum atomic E-state index is 12.4. The summed E-state index contributed by atoms with van der Waals surface area (Å²) in [6.45, 7) is 3.89. The lowest BCUT2D eigenvalue weighted by Crippen LogP contribution is -2.38. The van der Waals surface area contributed by atoms with Crippen molar-refractivity contribution in [2.75, 3.05) is 18.4 Å². The van der Waals surface area contributed by atoms with Gasteiger partial charge >= 0.3 is 0 Å². The highest BCUT2D eigenvalue weighted by molar-refractivity contribution is 7.14. The van der Waals surface area contributed by atoms with Crippen molar-refractivity contribution in [3.63, 3.8) is 0 Å². The molecule has 0 bridgehead atoms. The van der Waals surface area contributed by atoms with Gasteiger partial charge in [0.25, 0.3) is 0 Å². The number of carbonyl (C=O) groups is 2. The third-order valence-electron chi connectivity index (χ3n) is 4.48. The molecule has 0 atom stereocenters. The van der Waals surface area contributed by atoms with Gasteiger partial charge in [-0.05, 0) is 30.4 Å². The Hall–Kier alpha value is -2.47. The third kappa shape index (κ3) is 5.26. The normalized spacial score (nSPS) is 15.3. The maximum Gasteiger partial charge on any atom is 0.250 e. The smallest absolute Gasteiger partial charge is 0.250 e. The van der Waals surface area contributed by atoms with E-state index in [4.69, 9.17) is 0 Å². The van der Waals surface area contributed by atoms with E-state index >= 15 is 0 Å². The Balaban J connectivity index is 1.50. The Kier molecular flexibility index (Phi) is 6.17. The van der Waals surface area contributed by atoms with Crippen molar-refractivity contribution < 1.29 is 9.59 Å². The second-order valence-corrected chi connectivity index (χ2v) is 7.48. The number of likely N-dealkylation sites (tertiary alicyclic amines) is 1. The summed E-state index contributed by atoms with van der Waals surface area (Å²) in [5, 5.41) is 5.10. The highest BCUT2D eigenvalue weighted by Gasteiger charge is 2.21. The van der Waals surface area contributed by atoms with Crippen molar-refractivity contribution in [1.29, 1.82) is 0 Å². The molecule has 1 aliphatic heterocycles. The van der Waals surface area contributed by atoms with E-state index in [2.05, 4.69) is 17.2 Å². The molecule has 1 aromatic heterocycles. The number of amides is 2. The average molecular weight is 369 g/mol. The Bertz CT molecular complexity index is 777. The summed E-state index contributed by atoms with van der Waals surface area (Å²) in [5.74, 6) is 0.583. The van der Waals surface area contributed by atoms with Crippen LogP contribution in [0.2, 0.25) is 0 Å². The van der Waals surface area contributed by atoms with Crippen LogP contribution in [0, 0.1) is 5.92 Å². The number of nitrogens with one attached hydrogen (secondary N) is 1. The molecule has 0 saturated carbocycles. The van der Waals surface area contributed by atoms with Gasteiger partial charge in [-0.25, -0.2) is 4.98 Å². The molecule has 1 aromatic carbocycles. The van der Waals surface area contributed by atoms with Crippen LogP contribution in [-0.4, -0.2) is 34.8 Å². The van der Waals surface area contributed by atoms with Crippen LogP contribution in [0.25, 0.3) is 6.08 Å². The Morgan fingerprint density at radius 3 is 2.73 bits per heavy atom. The van der Waals surface area contributed by atoms with E-state index in [9.17, 15) is 9.59 Å². The number of carbonyl (C=O) groups excluding carboxylic acids is 2. The molecule has 0 aliphatic carbocycles. The first kappa shape index (κ1) is 18.3. The predicted molar refractivity (Wildman–Crippen MR) is 105 cm³/mol. The molecular weight excluding hydrogens is 346 g/mol. The lowest BCUT2D eigenvalue weighted by molar-refractivity contribution is -0.131. The standard InChI is InChI=1S/C20H23N3O2S/c1-15-9-11-23(12-10-15)19(25)13-17-14-26-20(21-17)22-18(24)8-7-16-5-3-2-4-6-16/h2-8,14-15H,9-13H2,1H3,(H,21,22,24)/b8-7+. The van der Waals surface area contributed by atoms with E-state index in [1.165, 1.54) is 17.4 Å². The highest BCUT2D eigenvalue weighted by atomic mass is 32.1. The van der Waals surface area contributed by atoms with Crippen LogP contribution in [0.3, 0.4) is 0 Å². The van der Waals surface area contributed by atoms with Crippen LogP contribution in [-0.2, 0) is 16.0 Å². The Labute approximate surface area is 157 Å². The van der Waals surface area contributed by atoms with Gasteiger partial charge < -0.3 is 4.90 Å². The number of hydrogen-bond donors (Lipinski definition) is 1. The highest BCUT2D eigenvalue weighted by Crippen LogP contribution is 2.19. The molecule has 136 valence electrons. The van der Waals surface area contributed by atoms with Crippen molar-refractivity contribution in [2.24, 2.45) is 5.92 Å². The summed E-state index contributed by atoms with van der Waals surface area (Å²) in [7, 11) is 0. The average Bonchev–Trinajstić information content (AvgIpc) is 3.08. The van der Waals surface area contributed by atoms with Crippen molar-refractivity contribution in [3.8, 4) is 0 Å². The lowest BCUT2D eigenvalue weighted by atomic mass is 9.99. The van der Waals surface area contributed by atoms with E-state index in [0.717, 1.165) is 31.5 Å². The van der Waals surface area contributed by atoms with E-state index in [-0.39, 0.29) is 11.8 Å². The van der Waals surface area contributed by atoms with Crippen molar-refractivity contribution in [2.45, 2.75) is 26.2 Å². The van der Waals surface area contributed by atoms with Crippen LogP contribution in [0.1, 0.15) is 31.0 Å². The number of thiazole rings is 1. The van der Waals surface area contributed by atoms with E-state index < -0.39 is 0 Å². The molecule has 2 amide bonds. The molecule has 1 N–H and O–H groups in total. The molecule has 3 rings (SSSR count). The first-order valence-corrected chi connectivity index (χ1v) is 9.74. The summed E-state index contributed by atoms with van der Waals surface area (Å²) in [5.41, 5.74) is 1.67. The monoisotopic (exact) mass is 369 g/mol. The predicted octanol–water partition coefficient (Wildman–Crippen LogP) is 3.60. The fourth-order valence-electron chi connectivity index (χ4n) is 2.85. The third-order valence-corrected chi connectivity index (χ3v) is 5.28. The van der Waals surface area contributed by atoms with Gasteiger partial charge in [-0.1, -0.05) is 37.3 Å². The molecule has 0 unspecified atom stereocenters. The topological polar surface area (TPSA) is 62.3 Å². The molecule has 2 heterocycles. The van der Waals surface area contributed by atoms with Crippen LogP contribution in [0.15, 0.2) is 41.8 Å². The summed E-state index contributed by atoms with van der Waals surface area (Å²) < 4.78 is 0. The minimum Gasteiger partial charge on any atom is -0.342 e. The molecule has 5 nitrogen and oxygen atoms in total. The van der Waals surface area contributed by atoms with E-state index in [1.807, 2.05) is 40.6 Å². The lowest BCUT2D eigenvalue weighted by Gasteiger charge is -2.30. The van der Waals surface area contributed by atoms with Crippen LogP contribution >= 0.6 is 11.3 Å². The number of anilines is 1. The molecule has 6 heteroatoms. The van der Waals surface area contributed by atoms with Gasteiger partial charge in [0.15, 0.2) is 5.13 Å². The largest absolute Gasteiger partial charge is 0.342 e. The molecule has 1 fully saturated rings. The van der Waals surface area contributed by atoms with Crippen molar-refractivity contribution >= 4 is 34.4 Å². The molecule has 0 radical (unpaired) electrons. The maximum absolute atomic E-state index is 12.4. The number of piperidine rings is 1. The number of rotatable bonds is 5. The Morgan fingerprint density at radius 2 is 2.00 bits per heavy atom. The number of aromatic nitrogens is 1. The first-order valence-electron chi connectivity index (χ1n) is 8.86. The van der Waals surface area contributed by atoms with Gasteiger partial charge in [-0.15, -0.1) is 11.3 Å². The van der Waals surface area contributed by atoms with Crippen LogP contribution in [0.4, 0.5) is 5.13 Å². The zero-order valence-electron chi connectivity index (χ0n) is 14.9. The van der Waals surface area contributed by atoms with Gasteiger partial charge in [0.05, 0.1) is 12.1 Å². The van der Waals surface area contributed by atoms with Gasteiger partial charge in [0.1, 0.15) is 0 Å². The molecule has 2 aromatic rings. The van der Waals surface area contributed by atoms with E-state index in [0.29, 0.717) is 23.2 Å². The fraction of sp³-hybridized carbons (Fsp3) is 0.350. The molecule has 1 aliphatic rings. The van der Waals surface area contributed by atoms with Crippen molar-refractivity contribution in [3.05, 3.63) is 53.0 Å². The second kappa shape index (κ2) is 8.76. The molecular formula is C20H23N3O2S. The van der Waals surface area contributed by atoms with Gasteiger partial charge in [-0.3, -0.25) is 14.9 Å². The first-order chi connectivity index (χ1) is 12.6. The van der Waals surface area contributed by atoms with Gasteiger partial charge in [-0.2, -0.15) is 0 Å². The Morgan fingerprint density at radius 1 is 1.27 bits per heavy atom. The number of nitrogens with zero attached hydrogens (tertiary/aromatic N) is 2. The minimum atomic E-state index is -0.230. The van der Waals surface area contributed by atoms with Crippen molar-refractivity contribution in [1.82, 2.24) is 9.88 Å². The zero-order valence-corrected chi connectivity index (χ0v) is 15.7. The zero-order chi connectivity index (χ0) is 18.4. The SMILES string of the molecule is CC1CCN(C(=O)Cc2csc(NC(=O)/C=C/c3ccccc3)n2)CC1. The quantitative estimate of drug-likeness (QED) is 0.819. The van der Waals surface area contributed by atoms with Crippen LogP contribution in [0.5, 0.6) is 0 Å². The summed E-state index contributed by atoms with van der Waals surface area (Å²) in [6.07, 6.45) is 5.66. The van der Waals surface area contributed by atoms with Gasteiger partial charge in [0.2, 0.25) is 11.8 Å². The summed E-state index contributed by atoms with van der Waals surface area (Å²) in [6, 6.07) is 9.63. The fourth-order valence-corrected chi connectivity index (χ4v) is 3.57.